The van der Waals surface area contributed by atoms with Crippen LogP contribution in [0.1, 0.15) is 25.6 Å². The van der Waals surface area contributed by atoms with Crippen molar-refractivity contribution >= 4 is 12.2 Å². The molecular weight excluding hydrogens is 184 g/mol. The maximum Gasteiger partial charge on any atom is 0.297 e. The van der Waals surface area contributed by atoms with E-state index in [0.29, 0.717) is 6.54 Å². The molecule has 0 bridgehead atoms. The predicted octanol–water partition coefficient (Wildman–Crippen LogP) is 2.29. The molecule has 68 valence electrons. The van der Waals surface area contributed by atoms with Gasteiger partial charge in [0.15, 0.2) is 10.6 Å². The van der Waals surface area contributed by atoms with Crippen LogP contribution >= 0.6 is 12.2 Å². The monoisotopic (exact) mass is 193 g/mol. The van der Waals surface area contributed by atoms with Gasteiger partial charge in [0.25, 0.3) is 6.43 Å². The summed E-state index contributed by atoms with van der Waals surface area (Å²) in [6.07, 6.45) is -1.81. The first kappa shape index (κ1) is 9.31. The molecule has 1 heterocycles. The van der Waals surface area contributed by atoms with Crippen LogP contribution in [0.2, 0.25) is 0 Å². The van der Waals surface area contributed by atoms with E-state index in [2.05, 4.69) is 10.2 Å². The highest BCUT2D eigenvalue weighted by molar-refractivity contribution is 7.71. The SMILES string of the molecule is CCCn1c(C(F)F)n[nH]c1=S. The van der Waals surface area contributed by atoms with Crippen molar-refractivity contribution in [1.29, 1.82) is 0 Å². The molecule has 0 atom stereocenters. The Morgan fingerprint density at radius 2 is 2.33 bits per heavy atom. The molecule has 0 aromatic carbocycles. The lowest BCUT2D eigenvalue weighted by Gasteiger charge is -2.02. The molecule has 1 aromatic rings. The third-order valence-corrected chi connectivity index (χ3v) is 1.74. The fourth-order valence-electron chi connectivity index (χ4n) is 0.936. The van der Waals surface area contributed by atoms with Crippen molar-refractivity contribution in [3.63, 3.8) is 0 Å². The molecule has 0 unspecified atom stereocenters. The van der Waals surface area contributed by atoms with Crippen LogP contribution in [0.25, 0.3) is 0 Å². The quantitative estimate of drug-likeness (QED) is 0.747. The predicted molar refractivity (Wildman–Crippen MR) is 42.7 cm³/mol. The maximum atomic E-state index is 12.2. The van der Waals surface area contributed by atoms with Crippen LogP contribution in [0.15, 0.2) is 0 Å². The molecule has 0 aliphatic heterocycles. The second-order valence-corrected chi connectivity index (χ2v) is 2.73. The Balaban J connectivity index is 3.04. The van der Waals surface area contributed by atoms with E-state index >= 15 is 0 Å². The molecule has 0 saturated carbocycles. The van der Waals surface area contributed by atoms with Gasteiger partial charge in [-0.3, -0.25) is 9.67 Å². The van der Waals surface area contributed by atoms with E-state index in [0.717, 1.165) is 6.42 Å². The minimum atomic E-state index is -2.57. The molecule has 1 rings (SSSR count). The molecule has 6 heteroatoms. The Hall–Kier alpha value is -0.780. The topological polar surface area (TPSA) is 33.6 Å². The van der Waals surface area contributed by atoms with Gasteiger partial charge >= 0.3 is 0 Å². The van der Waals surface area contributed by atoms with E-state index in [1.807, 2.05) is 6.92 Å². The minimum Gasteiger partial charge on any atom is -0.299 e. The highest BCUT2D eigenvalue weighted by Gasteiger charge is 2.15. The molecule has 3 nitrogen and oxygen atoms in total. The fraction of sp³-hybridized carbons (Fsp3) is 0.667. The van der Waals surface area contributed by atoms with E-state index < -0.39 is 6.43 Å². The molecule has 0 amide bonds. The van der Waals surface area contributed by atoms with E-state index in [-0.39, 0.29) is 10.6 Å². The lowest BCUT2D eigenvalue weighted by atomic mass is 10.4. The first-order chi connectivity index (χ1) is 5.66. The number of nitrogens with zero attached hydrogens (tertiary/aromatic N) is 2. The van der Waals surface area contributed by atoms with Crippen LogP contribution in [0, 0.1) is 4.77 Å². The van der Waals surface area contributed by atoms with Crippen LogP contribution in [-0.4, -0.2) is 14.8 Å². The van der Waals surface area contributed by atoms with Gasteiger partial charge in [0.05, 0.1) is 0 Å². The lowest BCUT2D eigenvalue weighted by Crippen LogP contribution is -2.03. The lowest BCUT2D eigenvalue weighted by molar-refractivity contribution is 0.134. The molecule has 0 aliphatic carbocycles. The largest absolute Gasteiger partial charge is 0.299 e. The molecule has 0 spiro atoms. The van der Waals surface area contributed by atoms with Crippen LogP contribution < -0.4 is 0 Å². The molecular formula is C6H9F2N3S. The van der Waals surface area contributed by atoms with E-state index in [1.54, 1.807) is 0 Å². The average molecular weight is 193 g/mol. The summed E-state index contributed by atoms with van der Waals surface area (Å²) in [5.41, 5.74) is 0. The maximum absolute atomic E-state index is 12.2. The summed E-state index contributed by atoms with van der Waals surface area (Å²) in [4.78, 5) is 0. The molecule has 1 aromatic heterocycles. The van der Waals surface area contributed by atoms with Crippen molar-refractivity contribution in [3.8, 4) is 0 Å². The van der Waals surface area contributed by atoms with Crippen molar-refractivity contribution in [1.82, 2.24) is 14.8 Å². The summed E-state index contributed by atoms with van der Waals surface area (Å²) in [7, 11) is 0. The van der Waals surface area contributed by atoms with Crippen molar-refractivity contribution < 1.29 is 8.78 Å². The second-order valence-electron chi connectivity index (χ2n) is 2.34. The van der Waals surface area contributed by atoms with Gasteiger partial charge in [-0.15, -0.1) is 0 Å². The Morgan fingerprint density at radius 1 is 1.67 bits per heavy atom. The first-order valence-electron chi connectivity index (χ1n) is 3.60. The molecule has 0 radical (unpaired) electrons. The highest BCUT2D eigenvalue weighted by Crippen LogP contribution is 2.16. The summed E-state index contributed by atoms with van der Waals surface area (Å²) < 4.78 is 26.0. The fourth-order valence-corrected chi connectivity index (χ4v) is 1.17. The smallest absolute Gasteiger partial charge is 0.297 e. The van der Waals surface area contributed by atoms with Gasteiger partial charge in [0, 0.05) is 6.54 Å². The Labute approximate surface area is 73.4 Å². The van der Waals surface area contributed by atoms with Gasteiger partial charge in [-0.1, -0.05) is 6.92 Å². The van der Waals surface area contributed by atoms with Gasteiger partial charge in [-0.25, -0.2) is 8.78 Å². The summed E-state index contributed by atoms with van der Waals surface area (Å²) >= 11 is 4.77. The van der Waals surface area contributed by atoms with Gasteiger partial charge < -0.3 is 0 Å². The number of aromatic nitrogens is 3. The van der Waals surface area contributed by atoms with E-state index in [9.17, 15) is 8.78 Å². The van der Waals surface area contributed by atoms with Gasteiger partial charge in [0.2, 0.25) is 0 Å². The zero-order valence-corrected chi connectivity index (χ0v) is 7.37. The van der Waals surface area contributed by atoms with Crippen LogP contribution in [0.5, 0.6) is 0 Å². The van der Waals surface area contributed by atoms with Gasteiger partial charge in [-0.05, 0) is 18.6 Å². The Morgan fingerprint density at radius 3 is 2.83 bits per heavy atom. The standard InChI is InChI=1S/C6H9F2N3S/c1-2-3-11-5(4(7)8)9-10-6(11)12/h4H,2-3H2,1H3,(H,10,12). The van der Waals surface area contributed by atoms with Crippen molar-refractivity contribution in [2.24, 2.45) is 0 Å². The number of H-pyrrole nitrogens is 1. The van der Waals surface area contributed by atoms with Crippen LogP contribution in [-0.2, 0) is 6.54 Å². The van der Waals surface area contributed by atoms with Gasteiger partial charge in [-0.2, -0.15) is 5.10 Å². The Kier molecular flexibility index (Phi) is 2.91. The molecule has 0 aliphatic rings. The number of halogens is 2. The first-order valence-corrected chi connectivity index (χ1v) is 4.01. The van der Waals surface area contributed by atoms with Crippen molar-refractivity contribution in [2.75, 3.05) is 0 Å². The third kappa shape index (κ3) is 1.69. The zero-order chi connectivity index (χ0) is 9.14. The minimum absolute atomic E-state index is 0.257. The van der Waals surface area contributed by atoms with E-state index in [1.165, 1.54) is 4.57 Å². The second kappa shape index (κ2) is 3.75. The third-order valence-electron chi connectivity index (χ3n) is 1.43. The number of alkyl halides is 2. The van der Waals surface area contributed by atoms with E-state index in [4.69, 9.17) is 12.2 Å². The number of rotatable bonds is 3. The number of hydrogen-bond donors (Lipinski definition) is 1. The van der Waals surface area contributed by atoms with Crippen molar-refractivity contribution in [3.05, 3.63) is 10.6 Å². The summed E-state index contributed by atoms with van der Waals surface area (Å²) in [5, 5.41) is 5.77. The van der Waals surface area contributed by atoms with Crippen molar-refractivity contribution in [2.45, 2.75) is 26.3 Å². The number of aromatic amines is 1. The molecule has 0 fully saturated rings. The summed E-state index contributed by atoms with van der Waals surface area (Å²) in [6, 6.07) is 0. The normalized spacial score (nSPS) is 11.0. The molecule has 0 saturated heterocycles. The summed E-state index contributed by atoms with van der Waals surface area (Å²) in [6.45, 7) is 2.37. The van der Waals surface area contributed by atoms with Crippen LogP contribution in [0.3, 0.4) is 0 Å². The molecule has 12 heavy (non-hydrogen) atoms. The number of hydrogen-bond acceptors (Lipinski definition) is 2. The zero-order valence-electron chi connectivity index (χ0n) is 6.55. The average Bonchev–Trinajstić information content (AvgIpc) is 2.34. The van der Waals surface area contributed by atoms with Crippen LogP contribution in [0.4, 0.5) is 8.78 Å². The summed E-state index contributed by atoms with van der Waals surface area (Å²) in [5.74, 6) is -0.276. The number of nitrogens with one attached hydrogen (secondary N) is 1. The molecule has 1 N–H and O–H groups in total. The Bertz CT molecular complexity index is 304. The van der Waals surface area contributed by atoms with Gasteiger partial charge in [0.1, 0.15) is 0 Å². The highest BCUT2D eigenvalue weighted by atomic mass is 32.1.